The Labute approximate surface area is 198 Å². The number of fused-ring (bicyclic) bond motifs is 1. The summed E-state index contributed by atoms with van der Waals surface area (Å²) in [5.74, 6) is -1.23. The van der Waals surface area contributed by atoms with Crippen LogP contribution in [0.2, 0.25) is 5.02 Å². The second kappa shape index (κ2) is 9.33. The molecule has 0 fully saturated rings. The van der Waals surface area contributed by atoms with Gasteiger partial charge >= 0.3 is 5.97 Å². The van der Waals surface area contributed by atoms with E-state index in [1.165, 1.54) is 35.6 Å². The van der Waals surface area contributed by atoms with Crippen molar-refractivity contribution in [3.8, 4) is 23.5 Å². The highest BCUT2D eigenvalue weighted by Gasteiger charge is 2.23. The highest BCUT2D eigenvalue weighted by Crippen LogP contribution is 2.38. The Balaban J connectivity index is 1.59. The summed E-state index contributed by atoms with van der Waals surface area (Å²) in [4.78, 5) is 25.1. The number of carboxylic acids is 1. The SMILES string of the molecule is N#C/C(=C\c1ccc(-c2cc(C(=O)O)ccc2Cl)o1)C(=O)Nc1sc2c(c1C#N)CCCC2. The van der Waals surface area contributed by atoms with Crippen LogP contribution >= 0.6 is 22.9 Å². The molecule has 9 heteroatoms. The van der Waals surface area contributed by atoms with Gasteiger partial charge in [-0.25, -0.2) is 4.79 Å². The van der Waals surface area contributed by atoms with Crippen molar-refractivity contribution in [3.63, 3.8) is 0 Å². The van der Waals surface area contributed by atoms with Crippen LogP contribution in [0.4, 0.5) is 5.00 Å². The molecule has 0 radical (unpaired) electrons. The molecule has 0 unspecified atom stereocenters. The number of carbonyl (C=O) groups is 2. The van der Waals surface area contributed by atoms with Crippen molar-refractivity contribution in [3.05, 3.63) is 68.3 Å². The zero-order valence-corrected chi connectivity index (χ0v) is 18.7. The average molecular weight is 478 g/mol. The first-order valence-corrected chi connectivity index (χ1v) is 11.2. The van der Waals surface area contributed by atoms with Gasteiger partial charge in [0.2, 0.25) is 0 Å². The molecule has 2 N–H and O–H groups in total. The van der Waals surface area contributed by atoms with Crippen molar-refractivity contribution in [2.45, 2.75) is 25.7 Å². The predicted molar refractivity (Wildman–Crippen MR) is 124 cm³/mol. The Morgan fingerprint density at radius 3 is 2.70 bits per heavy atom. The van der Waals surface area contributed by atoms with Gasteiger partial charge in [-0.2, -0.15) is 10.5 Å². The lowest BCUT2D eigenvalue weighted by atomic mass is 9.96. The van der Waals surface area contributed by atoms with E-state index in [9.17, 15) is 25.2 Å². The Morgan fingerprint density at radius 2 is 1.97 bits per heavy atom. The van der Waals surface area contributed by atoms with Crippen molar-refractivity contribution >= 4 is 45.9 Å². The fourth-order valence-corrected chi connectivity index (χ4v) is 5.10. The van der Waals surface area contributed by atoms with E-state index in [4.69, 9.17) is 16.0 Å². The minimum absolute atomic E-state index is 0.0481. The maximum atomic E-state index is 12.7. The molecule has 0 atom stereocenters. The van der Waals surface area contributed by atoms with Gasteiger partial charge in [0.25, 0.3) is 5.91 Å². The van der Waals surface area contributed by atoms with Crippen molar-refractivity contribution in [2.24, 2.45) is 0 Å². The molecule has 4 rings (SSSR count). The number of hydrogen-bond acceptors (Lipinski definition) is 6. The molecule has 0 aliphatic heterocycles. The van der Waals surface area contributed by atoms with E-state index < -0.39 is 11.9 Å². The Bertz CT molecular complexity index is 1390. The van der Waals surface area contributed by atoms with Gasteiger partial charge in [-0.3, -0.25) is 4.79 Å². The molecule has 2 heterocycles. The third-order valence-corrected chi connectivity index (χ3v) is 6.80. The van der Waals surface area contributed by atoms with Crippen molar-refractivity contribution < 1.29 is 19.1 Å². The zero-order chi connectivity index (χ0) is 23.5. The number of nitriles is 2. The number of thiophene rings is 1. The van der Waals surface area contributed by atoms with Crippen LogP contribution in [0.15, 0.2) is 40.3 Å². The van der Waals surface area contributed by atoms with E-state index >= 15 is 0 Å². The number of furan rings is 1. The highest BCUT2D eigenvalue weighted by molar-refractivity contribution is 7.16. The van der Waals surface area contributed by atoms with E-state index in [1.807, 2.05) is 6.07 Å². The average Bonchev–Trinajstić information content (AvgIpc) is 3.41. The molecular weight excluding hydrogens is 462 g/mol. The van der Waals surface area contributed by atoms with Crippen LogP contribution in [0, 0.1) is 22.7 Å². The number of rotatable bonds is 5. The summed E-state index contributed by atoms with van der Waals surface area (Å²) in [6, 6.07) is 11.4. The molecule has 1 amide bonds. The van der Waals surface area contributed by atoms with E-state index in [1.54, 1.807) is 12.1 Å². The molecule has 0 bridgehead atoms. The number of anilines is 1. The van der Waals surface area contributed by atoms with Crippen LogP contribution in [-0.2, 0) is 17.6 Å². The summed E-state index contributed by atoms with van der Waals surface area (Å²) in [5.41, 5.74) is 1.68. The molecule has 1 aliphatic rings. The molecule has 0 saturated heterocycles. The smallest absolute Gasteiger partial charge is 0.335 e. The second-order valence-corrected chi connectivity index (χ2v) is 8.86. The number of amides is 1. The highest BCUT2D eigenvalue weighted by atomic mass is 35.5. The van der Waals surface area contributed by atoms with E-state index in [2.05, 4.69) is 11.4 Å². The number of carboxylic acid groups (broad SMARTS) is 1. The molecule has 7 nitrogen and oxygen atoms in total. The van der Waals surface area contributed by atoms with Gasteiger partial charge in [0.05, 0.1) is 16.1 Å². The predicted octanol–water partition coefficient (Wildman–Crippen LogP) is 5.66. The number of halogens is 1. The second-order valence-electron chi connectivity index (χ2n) is 7.35. The molecule has 0 spiro atoms. The third-order valence-electron chi connectivity index (χ3n) is 5.27. The number of aryl methyl sites for hydroxylation is 1. The summed E-state index contributed by atoms with van der Waals surface area (Å²) >= 11 is 7.56. The third kappa shape index (κ3) is 4.54. The van der Waals surface area contributed by atoms with Gasteiger partial charge in [0, 0.05) is 16.5 Å². The lowest BCUT2D eigenvalue weighted by Gasteiger charge is -2.09. The van der Waals surface area contributed by atoms with Crippen LogP contribution in [0.3, 0.4) is 0 Å². The first-order valence-electron chi connectivity index (χ1n) is 10.0. The monoisotopic (exact) mass is 477 g/mol. The molecule has 1 aliphatic carbocycles. The summed E-state index contributed by atoms with van der Waals surface area (Å²) in [7, 11) is 0. The molecule has 2 aromatic heterocycles. The van der Waals surface area contributed by atoms with Crippen molar-refractivity contribution in [2.75, 3.05) is 5.32 Å². The summed E-state index contributed by atoms with van der Waals surface area (Å²) in [6.07, 6.45) is 5.04. The number of carbonyl (C=O) groups excluding carboxylic acids is 1. The standard InChI is InChI=1S/C24H16ClN3O4S/c25-19-7-5-13(24(30)31)10-17(19)20-8-6-15(32-20)9-14(11-26)22(29)28-23-18(12-27)16-3-1-2-4-21(16)33-23/h5-10H,1-4H2,(H,28,29)(H,30,31)/b14-9+. The quantitative estimate of drug-likeness (QED) is 0.360. The van der Waals surface area contributed by atoms with Gasteiger partial charge in [0.15, 0.2) is 0 Å². The van der Waals surface area contributed by atoms with Gasteiger partial charge in [-0.15, -0.1) is 11.3 Å². The summed E-state index contributed by atoms with van der Waals surface area (Å²) in [5, 5.41) is 31.7. The normalized spacial score (nSPS) is 13.0. The number of nitrogens with one attached hydrogen (secondary N) is 1. The van der Waals surface area contributed by atoms with Gasteiger partial charge in [-0.1, -0.05) is 11.6 Å². The van der Waals surface area contributed by atoms with E-state index in [-0.39, 0.29) is 16.9 Å². The lowest BCUT2D eigenvalue weighted by Crippen LogP contribution is -2.13. The first-order chi connectivity index (χ1) is 15.9. The van der Waals surface area contributed by atoms with E-state index in [0.717, 1.165) is 36.1 Å². The summed E-state index contributed by atoms with van der Waals surface area (Å²) in [6.45, 7) is 0. The van der Waals surface area contributed by atoms with Crippen molar-refractivity contribution in [1.82, 2.24) is 0 Å². The lowest BCUT2D eigenvalue weighted by molar-refractivity contribution is -0.112. The zero-order valence-electron chi connectivity index (χ0n) is 17.1. The van der Waals surface area contributed by atoms with Crippen LogP contribution in [0.1, 0.15) is 45.0 Å². The largest absolute Gasteiger partial charge is 0.478 e. The molecule has 3 aromatic rings. The molecule has 164 valence electrons. The van der Waals surface area contributed by atoms with Crippen LogP contribution < -0.4 is 5.32 Å². The van der Waals surface area contributed by atoms with Gasteiger partial charge in [-0.05, 0) is 61.6 Å². The van der Waals surface area contributed by atoms with Crippen molar-refractivity contribution in [1.29, 1.82) is 10.5 Å². The first kappa shape index (κ1) is 22.3. The fraction of sp³-hybridized carbons (Fsp3) is 0.167. The fourth-order valence-electron chi connectivity index (χ4n) is 3.66. The molecule has 1 aromatic carbocycles. The van der Waals surface area contributed by atoms with E-state index in [0.29, 0.717) is 26.9 Å². The molecule has 0 saturated carbocycles. The number of aromatic carboxylic acids is 1. The number of nitrogens with zero attached hydrogens (tertiary/aromatic N) is 2. The topological polar surface area (TPSA) is 127 Å². The van der Waals surface area contributed by atoms with Crippen LogP contribution in [0.25, 0.3) is 17.4 Å². The summed E-state index contributed by atoms with van der Waals surface area (Å²) < 4.78 is 5.69. The number of hydrogen-bond donors (Lipinski definition) is 2. The molecule has 33 heavy (non-hydrogen) atoms. The minimum atomic E-state index is -1.10. The Hall–Kier alpha value is -3.85. The van der Waals surface area contributed by atoms with Gasteiger partial charge in [0.1, 0.15) is 34.2 Å². The van der Waals surface area contributed by atoms with Crippen LogP contribution in [0.5, 0.6) is 0 Å². The minimum Gasteiger partial charge on any atom is -0.478 e. The Kier molecular flexibility index (Phi) is 6.32. The van der Waals surface area contributed by atoms with Gasteiger partial charge < -0.3 is 14.8 Å². The Morgan fingerprint density at radius 1 is 1.18 bits per heavy atom. The van der Waals surface area contributed by atoms with Crippen LogP contribution in [-0.4, -0.2) is 17.0 Å². The maximum Gasteiger partial charge on any atom is 0.335 e. The molecular formula is C24H16ClN3O4S. The number of benzene rings is 1. The maximum absolute atomic E-state index is 12.7.